The van der Waals surface area contributed by atoms with Gasteiger partial charge < -0.3 is 19.3 Å². The van der Waals surface area contributed by atoms with Crippen LogP contribution in [0.2, 0.25) is 0 Å². The number of para-hydroxylation sites is 2. The number of ether oxygens (including phenoxy) is 3. The van der Waals surface area contributed by atoms with Gasteiger partial charge in [0.25, 0.3) is 11.6 Å². The minimum atomic E-state index is -0.637. The Morgan fingerprint density at radius 2 is 1.93 bits per heavy atom. The lowest BCUT2D eigenvalue weighted by Crippen LogP contribution is -2.24. The maximum atomic E-state index is 11.9. The Balaban J connectivity index is 2.00. The SMILES string of the molecule is CCOc1ccccc1OCC(=O)N/N=C/c1cc([N+](=O)[O-])cc(OC)c1O. The van der Waals surface area contributed by atoms with E-state index >= 15 is 0 Å². The van der Waals surface area contributed by atoms with Crippen LogP contribution in [0, 0.1) is 10.1 Å². The third-order valence-corrected chi connectivity index (χ3v) is 3.42. The number of rotatable bonds is 9. The van der Waals surface area contributed by atoms with Crippen LogP contribution in [0.3, 0.4) is 0 Å². The fraction of sp³-hybridized carbons (Fsp3) is 0.222. The van der Waals surface area contributed by atoms with Crippen molar-refractivity contribution < 1.29 is 29.0 Å². The number of nitro benzene ring substituents is 1. The molecule has 2 aromatic carbocycles. The number of nitrogens with zero attached hydrogens (tertiary/aromatic N) is 2. The monoisotopic (exact) mass is 389 g/mol. The number of benzene rings is 2. The van der Waals surface area contributed by atoms with E-state index < -0.39 is 10.8 Å². The van der Waals surface area contributed by atoms with Crippen molar-refractivity contribution in [2.75, 3.05) is 20.3 Å². The van der Waals surface area contributed by atoms with E-state index in [2.05, 4.69) is 10.5 Å². The molecule has 0 fully saturated rings. The predicted octanol–water partition coefficient (Wildman–Crippen LogP) is 2.24. The van der Waals surface area contributed by atoms with Gasteiger partial charge in [0, 0.05) is 11.6 Å². The first kappa shape index (κ1) is 20.5. The van der Waals surface area contributed by atoms with E-state index in [4.69, 9.17) is 14.2 Å². The van der Waals surface area contributed by atoms with E-state index in [0.717, 1.165) is 18.3 Å². The molecule has 0 radical (unpaired) electrons. The molecule has 28 heavy (non-hydrogen) atoms. The van der Waals surface area contributed by atoms with Gasteiger partial charge in [-0.1, -0.05) is 12.1 Å². The van der Waals surface area contributed by atoms with Gasteiger partial charge in [-0.25, -0.2) is 5.43 Å². The molecule has 0 aliphatic carbocycles. The summed E-state index contributed by atoms with van der Waals surface area (Å²) < 4.78 is 15.7. The number of aromatic hydroxyl groups is 1. The van der Waals surface area contributed by atoms with E-state index in [1.165, 1.54) is 7.11 Å². The first-order valence-electron chi connectivity index (χ1n) is 8.18. The molecule has 0 unspecified atom stereocenters. The molecule has 10 heteroatoms. The van der Waals surface area contributed by atoms with Gasteiger partial charge in [-0.15, -0.1) is 0 Å². The predicted molar refractivity (Wildman–Crippen MR) is 100 cm³/mol. The summed E-state index contributed by atoms with van der Waals surface area (Å²) in [4.78, 5) is 22.2. The number of carbonyl (C=O) groups excluding carboxylic acids is 1. The van der Waals surface area contributed by atoms with E-state index in [0.29, 0.717) is 18.1 Å². The summed E-state index contributed by atoms with van der Waals surface area (Å²) in [6.07, 6.45) is 1.07. The van der Waals surface area contributed by atoms with Crippen molar-refractivity contribution in [3.63, 3.8) is 0 Å². The largest absolute Gasteiger partial charge is 0.504 e. The highest BCUT2D eigenvalue weighted by Gasteiger charge is 2.16. The van der Waals surface area contributed by atoms with Crippen LogP contribution in [-0.2, 0) is 4.79 Å². The number of phenolic OH excluding ortho intramolecular Hbond substituents is 1. The second-order valence-electron chi connectivity index (χ2n) is 5.30. The van der Waals surface area contributed by atoms with Crippen molar-refractivity contribution in [3.8, 4) is 23.0 Å². The maximum absolute atomic E-state index is 11.9. The first-order valence-corrected chi connectivity index (χ1v) is 8.18. The highest BCUT2D eigenvalue weighted by molar-refractivity contribution is 5.87. The first-order chi connectivity index (χ1) is 13.5. The van der Waals surface area contributed by atoms with Crippen LogP contribution in [0.5, 0.6) is 23.0 Å². The van der Waals surface area contributed by atoms with Crippen LogP contribution in [-0.4, -0.2) is 42.5 Å². The third kappa shape index (κ3) is 5.34. The summed E-state index contributed by atoms with van der Waals surface area (Å²) in [6, 6.07) is 9.08. The number of amides is 1. The Hall–Kier alpha value is -3.82. The molecule has 0 heterocycles. The molecule has 2 rings (SSSR count). The van der Waals surface area contributed by atoms with Crippen LogP contribution < -0.4 is 19.6 Å². The number of hydrogen-bond acceptors (Lipinski definition) is 8. The van der Waals surface area contributed by atoms with Gasteiger partial charge in [0.15, 0.2) is 29.6 Å². The van der Waals surface area contributed by atoms with Crippen molar-refractivity contribution in [1.29, 1.82) is 0 Å². The summed E-state index contributed by atoms with van der Waals surface area (Å²) in [5.74, 6) is -0.0790. The van der Waals surface area contributed by atoms with Crippen LogP contribution >= 0.6 is 0 Å². The standard InChI is InChI=1S/C18H19N3O7/c1-3-27-14-6-4-5-7-15(14)28-11-17(22)20-19-10-12-8-13(21(24)25)9-16(26-2)18(12)23/h4-10,23H,3,11H2,1-2H3,(H,20,22)/b19-10+. The molecule has 0 saturated heterocycles. The van der Waals surface area contributed by atoms with Gasteiger partial charge in [0.2, 0.25) is 0 Å². The van der Waals surface area contributed by atoms with Crippen molar-refractivity contribution in [2.24, 2.45) is 5.10 Å². The normalized spacial score (nSPS) is 10.5. The fourth-order valence-corrected chi connectivity index (χ4v) is 2.17. The van der Waals surface area contributed by atoms with Gasteiger partial charge in [-0.05, 0) is 19.1 Å². The number of phenols is 1. The molecule has 148 valence electrons. The average molecular weight is 389 g/mol. The summed E-state index contributed by atoms with van der Waals surface area (Å²) in [7, 11) is 1.26. The number of nitrogens with one attached hydrogen (secondary N) is 1. The smallest absolute Gasteiger partial charge is 0.277 e. The molecule has 2 aromatic rings. The molecular formula is C18H19N3O7. The quantitative estimate of drug-likeness (QED) is 0.382. The molecule has 0 atom stereocenters. The summed E-state index contributed by atoms with van der Waals surface area (Å²) in [6.45, 7) is 1.95. The molecule has 0 bridgehead atoms. The number of methoxy groups -OCH3 is 1. The molecule has 0 aliphatic rings. The lowest BCUT2D eigenvalue weighted by atomic mass is 10.2. The van der Waals surface area contributed by atoms with Crippen molar-refractivity contribution in [2.45, 2.75) is 6.92 Å². The molecule has 2 N–H and O–H groups in total. The highest BCUT2D eigenvalue weighted by atomic mass is 16.6. The molecule has 1 amide bonds. The van der Waals surface area contributed by atoms with Crippen LogP contribution in [0.15, 0.2) is 41.5 Å². The van der Waals surface area contributed by atoms with E-state index in [1.807, 2.05) is 6.92 Å². The maximum Gasteiger partial charge on any atom is 0.277 e. The third-order valence-electron chi connectivity index (χ3n) is 3.42. The summed E-state index contributed by atoms with van der Waals surface area (Å²) in [5.41, 5.74) is 1.92. The Morgan fingerprint density at radius 3 is 2.54 bits per heavy atom. The fourth-order valence-electron chi connectivity index (χ4n) is 2.17. The molecular weight excluding hydrogens is 370 g/mol. The zero-order valence-corrected chi connectivity index (χ0v) is 15.2. The number of hydrogen-bond donors (Lipinski definition) is 2. The zero-order valence-electron chi connectivity index (χ0n) is 15.2. The lowest BCUT2D eigenvalue weighted by molar-refractivity contribution is -0.385. The Labute approximate surface area is 160 Å². The van der Waals surface area contributed by atoms with Crippen LogP contribution in [0.4, 0.5) is 5.69 Å². The summed E-state index contributed by atoms with van der Waals surface area (Å²) in [5, 5.41) is 24.6. The minimum Gasteiger partial charge on any atom is -0.504 e. The van der Waals surface area contributed by atoms with E-state index in [1.54, 1.807) is 24.3 Å². The van der Waals surface area contributed by atoms with Gasteiger partial charge in [0.05, 0.1) is 30.9 Å². The molecule has 0 aliphatic heterocycles. The number of nitro groups is 1. The average Bonchev–Trinajstić information content (AvgIpc) is 2.68. The second-order valence-corrected chi connectivity index (χ2v) is 5.30. The topological polar surface area (TPSA) is 133 Å². The van der Waals surface area contributed by atoms with E-state index in [-0.39, 0.29) is 29.4 Å². The Morgan fingerprint density at radius 1 is 1.25 bits per heavy atom. The van der Waals surface area contributed by atoms with Gasteiger partial charge in [-0.2, -0.15) is 5.10 Å². The zero-order chi connectivity index (χ0) is 20.5. The van der Waals surface area contributed by atoms with Gasteiger partial charge in [-0.3, -0.25) is 14.9 Å². The minimum absolute atomic E-state index is 0.00830. The van der Waals surface area contributed by atoms with Crippen LogP contribution in [0.25, 0.3) is 0 Å². The molecule has 0 aromatic heterocycles. The molecule has 0 saturated carbocycles. The van der Waals surface area contributed by atoms with Gasteiger partial charge >= 0.3 is 0 Å². The van der Waals surface area contributed by atoms with Gasteiger partial charge in [0.1, 0.15) is 0 Å². The number of carbonyl (C=O) groups is 1. The number of hydrazone groups is 1. The lowest BCUT2D eigenvalue weighted by Gasteiger charge is -2.10. The molecule has 10 nitrogen and oxygen atoms in total. The van der Waals surface area contributed by atoms with Crippen molar-refractivity contribution >= 4 is 17.8 Å². The van der Waals surface area contributed by atoms with Crippen LogP contribution in [0.1, 0.15) is 12.5 Å². The molecule has 0 spiro atoms. The highest BCUT2D eigenvalue weighted by Crippen LogP contribution is 2.33. The Bertz CT molecular complexity index is 883. The van der Waals surface area contributed by atoms with Crippen molar-refractivity contribution in [3.05, 3.63) is 52.1 Å². The summed E-state index contributed by atoms with van der Waals surface area (Å²) >= 11 is 0. The van der Waals surface area contributed by atoms with Crippen molar-refractivity contribution in [1.82, 2.24) is 5.43 Å². The van der Waals surface area contributed by atoms with E-state index in [9.17, 15) is 20.0 Å². The second kappa shape index (κ2) is 9.76. The Kier molecular flexibility index (Phi) is 7.14. The number of non-ortho nitro benzene ring substituents is 1.